The van der Waals surface area contributed by atoms with Gasteiger partial charge in [0.05, 0.1) is 31.8 Å². The lowest BCUT2D eigenvalue weighted by atomic mass is 10.1. The third-order valence-corrected chi connectivity index (χ3v) is 7.18. The van der Waals surface area contributed by atoms with Gasteiger partial charge in [-0.2, -0.15) is 13.2 Å². The first-order valence-corrected chi connectivity index (χ1v) is 11.3. The van der Waals surface area contributed by atoms with Gasteiger partial charge in [0.1, 0.15) is 11.5 Å². The van der Waals surface area contributed by atoms with Crippen LogP contribution in [0.4, 0.5) is 18.9 Å². The molecule has 5 nitrogen and oxygen atoms in total. The van der Waals surface area contributed by atoms with Gasteiger partial charge in [0.15, 0.2) is 4.32 Å². The molecule has 1 N–H and O–H groups in total. The maximum Gasteiger partial charge on any atom is 0.416 e. The fourth-order valence-corrected chi connectivity index (χ4v) is 5.27. The van der Waals surface area contributed by atoms with Crippen LogP contribution in [0, 0.1) is 0 Å². The lowest BCUT2D eigenvalue weighted by molar-refractivity contribution is -0.137. The third kappa shape index (κ3) is 3.70. The van der Waals surface area contributed by atoms with E-state index in [2.05, 4.69) is 0 Å². The number of carboxylic acid groups (broad SMARTS) is 1. The first kappa shape index (κ1) is 23.0. The third-order valence-electron chi connectivity index (χ3n) is 5.16. The van der Waals surface area contributed by atoms with Crippen LogP contribution in [-0.2, 0) is 11.0 Å². The Morgan fingerprint density at radius 1 is 1.06 bits per heavy atom. The van der Waals surface area contributed by atoms with Crippen LogP contribution in [0.5, 0.6) is 0 Å². The van der Waals surface area contributed by atoms with Gasteiger partial charge in [-0.05, 0) is 42.5 Å². The number of carbonyl (C=O) groups excluding carboxylic acids is 1. The predicted octanol–water partition coefficient (Wildman–Crippen LogP) is 7.11. The van der Waals surface area contributed by atoms with Crippen LogP contribution in [0.15, 0.2) is 51.8 Å². The summed E-state index contributed by atoms with van der Waals surface area (Å²) in [6.45, 7) is 0. The topological polar surface area (TPSA) is 70.8 Å². The summed E-state index contributed by atoms with van der Waals surface area (Å²) in [6.07, 6.45) is -4.54. The summed E-state index contributed by atoms with van der Waals surface area (Å²) in [6, 6.07) is 8.35. The largest absolute Gasteiger partial charge is 0.478 e. The molecule has 2 heterocycles. The molecule has 2 aliphatic rings. The number of amides is 1. The highest BCUT2D eigenvalue weighted by Gasteiger charge is 2.45. The normalized spacial score (nSPS) is 17.4. The summed E-state index contributed by atoms with van der Waals surface area (Å²) < 4.78 is 45.1. The highest BCUT2D eigenvalue weighted by molar-refractivity contribution is 8.27. The molecule has 0 radical (unpaired) electrons. The van der Waals surface area contributed by atoms with E-state index in [1.54, 1.807) is 0 Å². The Labute approximate surface area is 208 Å². The van der Waals surface area contributed by atoms with Crippen molar-refractivity contribution >= 4 is 74.6 Å². The first-order chi connectivity index (χ1) is 16.0. The number of alkyl halides is 3. The maximum atomic E-state index is 13.1. The van der Waals surface area contributed by atoms with Gasteiger partial charge in [-0.15, -0.1) is 0 Å². The molecule has 1 aromatic heterocycles. The average molecular weight is 542 g/mol. The number of furan rings is 1. The molecule has 1 saturated heterocycles. The molecule has 1 aliphatic carbocycles. The number of hydrogen-bond donors (Lipinski definition) is 1. The van der Waals surface area contributed by atoms with E-state index >= 15 is 0 Å². The number of benzene rings is 2. The van der Waals surface area contributed by atoms with E-state index < -0.39 is 23.6 Å². The lowest BCUT2D eigenvalue weighted by Gasteiger charge is -2.16. The summed E-state index contributed by atoms with van der Waals surface area (Å²) in [7, 11) is 0. The predicted molar refractivity (Wildman–Crippen MR) is 126 cm³/mol. The van der Waals surface area contributed by atoms with Gasteiger partial charge in [0.2, 0.25) is 0 Å². The van der Waals surface area contributed by atoms with Crippen molar-refractivity contribution in [1.82, 2.24) is 0 Å². The lowest BCUT2D eigenvalue weighted by Crippen LogP contribution is -2.28. The molecule has 3 aromatic rings. The Morgan fingerprint density at radius 2 is 1.76 bits per heavy atom. The molecule has 0 spiro atoms. The molecular weight excluding hydrogens is 534 g/mol. The number of aromatic carboxylic acids is 1. The van der Waals surface area contributed by atoms with Crippen molar-refractivity contribution < 1.29 is 32.3 Å². The van der Waals surface area contributed by atoms with Crippen LogP contribution in [0.1, 0.15) is 27.2 Å². The highest BCUT2D eigenvalue weighted by atomic mass is 35.5. The van der Waals surface area contributed by atoms with Crippen molar-refractivity contribution in [2.45, 2.75) is 6.18 Å². The van der Waals surface area contributed by atoms with E-state index in [9.17, 15) is 27.9 Å². The molecule has 0 saturated carbocycles. The van der Waals surface area contributed by atoms with Crippen LogP contribution in [0.3, 0.4) is 0 Å². The van der Waals surface area contributed by atoms with Crippen LogP contribution >= 0.6 is 47.2 Å². The molecule has 172 valence electrons. The fraction of sp³-hybridized carbons (Fsp3) is 0.0455. The van der Waals surface area contributed by atoms with Crippen LogP contribution in [0.25, 0.3) is 16.9 Å². The number of thiocarbonyl (C=S) groups is 1. The van der Waals surface area contributed by atoms with E-state index in [0.717, 1.165) is 34.9 Å². The Balaban J connectivity index is 1.48. The van der Waals surface area contributed by atoms with Crippen molar-refractivity contribution in [3.05, 3.63) is 79.9 Å². The van der Waals surface area contributed by atoms with Crippen molar-refractivity contribution in [1.29, 1.82) is 0 Å². The monoisotopic (exact) mass is 541 g/mol. The summed E-state index contributed by atoms with van der Waals surface area (Å²) in [5.41, 5.74) is 0.309. The van der Waals surface area contributed by atoms with E-state index in [4.69, 9.17) is 39.8 Å². The van der Waals surface area contributed by atoms with Crippen LogP contribution < -0.4 is 4.90 Å². The zero-order chi connectivity index (χ0) is 24.5. The molecule has 0 atom stereocenters. The molecule has 1 fully saturated rings. The van der Waals surface area contributed by atoms with Crippen molar-refractivity contribution in [3.8, 4) is 11.3 Å². The Hall–Kier alpha value is -2.79. The first-order valence-electron chi connectivity index (χ1n) is 9.32. The molecule has 1 aliphatic heterocycles. The summed E-state index contributed by atoms with van der Waals surface area (Å²) in [4.78, 5) is 25.8. The minimum Gasteiger partial charge on any atom is -0.478 e. The number of nitrogens with zero attached hydrogens (tertiary/aromatic N) is 1. The number of hydrogen-bond acceptors (Lipinski definition) is 5. The second-order valence-corrected chi connectivity index (χ2v) is 9.69. The fourth-order valence-electron chi connectivity index (χ4n) is 3.49. The number of fused-ring (bicyclic) bond motifs is 1. The van der Waals surface area contributed by atoms with Crippen LogP contribution in [0.2, 0.25) is 10.0 Å². The van der Waals surface area contributed by atoms with E-state index in [1.165, 1.54) is 24.3 Å². The zero-order valence-corrected chi connectivity index (χ0v) is 19.5. The van der Waals surface area contributed by atoms with Gasteiger partial charge in [0, 0.05) is 16.7 Å². The number of carboxylic acids is 1. The van der Waals surface area contributed by atoms with Gasteiger partial charge in [-0.3, -0.25) is 9.69 Å². The van der Waals surface area contributed by atoms with Crippen molar-refractivity contribution in [3.63, 3.8) is 0 Å². The summed E-state index contributed by atoms with van der Waals surface area (Å²) in [5, 5.41) is 9.46. The van der Waals surface area contributed by atoms with Gasteiger partial charge in [-0.25, -0.2) is 4.79 Å². The quantitative estimate of drug-likeness (QED) is 0.220. The number of anilines is 1. The molecule has 34 heavy (non-hydrogen) atoms. The van der Waals surface area contributed by atoms with Crippen LogP contribution in [-0.4, -0.2) is 21.3 Å². The highest BCUT2D eigenvalue weighted by Crippen LogP contribution is 2.54. The molecular formula is C22H8Cl2F3NO4S2. The van der Waals surface area contributed by atoms with Gasteiger partial charge >= 0.3 is 12.1 Å². The SMILES string of the molecule is O=C(O)c1ccc(Cl)c(N2C(=O)C(=C3c4cc(-c5cc(C(F)(F)F)ccc5Cl)oc43)SC2=S)c1. The van der Waals surface area contributed by atoms with E-state index in [1.807, 2.05) is 0 Å². The molecule has 0 unspecified atom stereocenters. The minimum atomic E-state index is -4.54. The number of carbonyl (C=O) groups is 2. The number of rotatable bonds is 3. The average Bonchev–Trinajstić information content (AvgIpc) is 3.09. The van der Waals surface area contributed by atoms with Gasteiger partial charge in [-0.1, -0.05) is 47.2 Å². The molecule has 1 amide bonds. The molecule has 5 rings (SSSR count). The summed E-state index contributed by atoms with van der Waals surface area (Å²) in [5.74, 6) is -1.23. The second kappa shape index (κ2) is 7.88. The molecule has 2 aromatic carbocycles. The molecule has 0 bridgehead atoms. The minimum absolute atomic E-state index is 0.0676. The Kier molecular flexibility index (Phi) is 5.32. The maximum absolute atomic E-state index is 13.1. The van der Waals surface area contributed by atoms with Gasteiger partial charge in [0.25, 0.3) is 5.91 Å². The Morgan fingerprint density at radius 3 is 2.38 bits per heavy atom. The Bertz CT molecular complexity index is 1460. The van der Waals surface area contributed by atoms with Crippen molar-refractivity contribution in [2.75, 3.05) is 4.90 Å². The van der Waals surface area contributed by atoms with E-state index in [0.29, 0.717) is 16.9 Å². The number of halogens is 5. The number of thioether (sulfide) groups is 1. The second-order valence-electron chi connectivity index (χ2n) is 7.23. The molecule has 12 heteroatoms. The van der Waals surface area contributed by atoms with Crippen molar-refractivity contribution in [2.24, 2.45) is 0 Å². The standard InChI is InChI=1S/C22H8Cl2F3NO4S2/c23-12-4-2-9(22(25,26)27)6-10(12)15-7-11-16(17(11)32-15)18-19(29)28(21(33)34-18)14-5-8(20(30)31)1-3-13(14)24/h1-7H,(H,30,31). The summed E-state index contributed by atoms with van der Waals surface area (Å²) >= 11 is 18.6. The van der Waals surface area contributed by atoms with E-state index in [-0.39, 0.29) is 41.8 Å². The zero-order valence-electron chi connectivity index (χ0n) is 16.4. The van der Waals surface area contributed by atoms with Gasteiger partial charge < -0.3 is 9.52 Å². The smallest absolute Gasteiger partial charge is 0.416 e.